The molecular formula is C15H22N2O3. The minimum Gasteiger partial charge on any atom is -0.480 e. The van der Waals surface area contributed by atoms with E-state index in [1.165, 1.54) is 0 Å². The lowest BCUT2D eigenvalue weighted by atomic mass is 10.0. The first-order chi connectivity index (χ1) is 9.56. The molecule has 0 bridgehead atoms. The number of nitrogens with one attached hydrogen (secondary N) is 1. The zero-order valence-corrected chi connectivity index (χ0v) is 11.7. The fourth-order valence-electron chi connectivity index (χ4n) is 1.96. The summed E-state index contributed by atoms with van der Waals surface area (Å²) in [6.45, 7) is 2.39. The Morgan fingerprint density at radius 3 is 2.45 bits per heavy atom. The van der Waals surface area contributed by atoms with E-state index in [9.17, 15) is 14.7 Å². The van der Waals surface area contributed by atoms with E-state index >= 15 is 0 Å². The number of aliphatic carboxylic acids is 1. The summed E-state index contributed by atoms with van der Waals surface area (Å²) >= 11 is 0. The lowest BCUT2D eigenvalue weighted by Gasteiger charge is -2.17. The van der Waals surface area contributed by atoms with Gasteiger partial charge in [0.05, 0.1) is 0 Å². The van der Waals surface area contributed by atoms with Crippen molar-refractivity contribution in [2.75, 3.05) is 6.54 Å². The molecule has 0 saturated heterocycles. The normalized spacial score (nSPS) is 13.5. The van der Waals surface area contributed by atoms with Gasteiger partial charge in [0, 0.05) is 12.8 Å². The smallest absolute Gasteiger partial charge is 0.326 e. The second kappa shape index (κ2) is 8.32. The fraction of sp³-hybridized carbons (Fsp3) is 0.467. The Morgan fingerprint density at radius 2 is 1.95 bits per heavy atom. The maximum absolute atomic E-state index is 11.8. The van der Waals surface area contributed by atoms with Crippen LogP contribution < -0.4 is 11.1 Å². The van der Waals surface area contributed by atoms with Crippen LogP contribution in [0.15, 0.2) is 30.3 Å². The van der Waals surface area contributed by atoms with Crippen molar-refractivity contribution in [2.45, 2.75) is 32.2 Å². The van der Waals surface area contributed by atoms with Crippen molar-refractivity contribution in [1.29, 1.82) is 0 Å². The number of rotatable bonds is 8. The molecule has 0 aliphatic carbocycles. The van der Waals surface area contributed by atoms with Crippen LogP contribution in [0.4, 0.5) is 0 Å². The van der Waals surface area contributed by atoms with Crippen molar-refractivity contribution in [3.63, 3.8) is 0 Å². The molecule has 0 fully saturated rings. The van der Waals surface area contributed by atoms with Gasteiger partial charge in [-0.3, -0.25) is 4.79 Å². The van der Waals surface area contributed by atoms with Crippen LogP contribution in [0, 0.1) is 5.92 Å². The summed E-state index contributed by atoms with van der Waals surface area (Å²) in [4.78, 5) is 23.1. The van der Waals surface area contributed by atoms with E-state index in [-0.39, 0.29) is 24.7 Å². The molecule has 1 amide bonds. The second-order valence-electron chi connectivity index (χ2n) is 4.86. The van der Waals surface area contributed by atoms with E-state index in [4.69, 9.17) is 5.73 Å². The van der Waals surface area contributed by atoms with Crippen LogP contribution in [-0.4, -0.2) is 29.6 Å². The van der Waals surface area contributed by atoms with Gasteiger partial charge in [-0.15, -0.1) is 0 Å². The highest BCUT2D eigenvalue weighted by atomic mass is 16.4. The first-order valence-electron chi connectivity index (χ1n) is 6.83. The molecule has 1 aromatic rings. The van der Waals surface area contributed by atoms with Gasteiger partial charge in [-0.25, -0.2) is 4.79 Å². The number of hydrogen-bond donors (Lipinski definition) is 3. The number of benzene rings is 1. The van der Waals surface area contributed by atoms with Crippen LogP contribution in [0.5, 0.6) is 0 Å². The number of nitrogens with two attached hydrogens (primary N) is 1. The Kier molecular flexibility index (Phi) is 6.73. The average Bonchev–Trinajstić information content (AvgIpc) is 2.45. The topological polar surface area (TPSA) is 92.4 Å². The molecule has 4 N–H and O–H groups in total. The Hall–Kier alpha value is -1.88. The van der Waals surface area contributed by atoms with Crippen LogP contribution in [-0.2, 0) is 16.0 Å². The van der Waals surface area contributed by atoms with Crippen LogP contribution in [0.2, 0.25) is 0 Å². The highest BCUT2D eigenvalue weighted by Gasteiger charge is 2.21. The van der Waals surface area contributed by atoms with Crippen LogP contribution in [0.3, 0.4) is 0 Å². The first kappa shape index (κ1) is 16.2. The van der Waals surface area contributed by atoms with Gasteiger partial charge in [0.2, 0.25) is 5.91 Å². The van der Waals surface area contributed by atoms with Crippen molar-refractivity contribution >= 4 is 11.9 Å². The first-order valence-corrected chi connectivity index (χ1v) is 6.83. The van der Waals surface area contributed by atoms with Crippen molar-refractivity contribution < 1.29 is 14.7 Å². The van der Waals surface area contributed by atoms with Gasteiger partial charge in [-0.2, -0.15) is 0 Å². The summed E-state index contributed by atoms with van der Waals surface area (Å²) in [5, 5.41) is 11.8. The van der Waals surface area contributed by atoms with Gasteiger partial charge in [0.15, 0.2) is 0 Å². The molecule has 5 nitrogen and oxygen atoms in total. The zero-order valence-electron chi connectivity index (χ0n) is 11.7. The molecule has 20 heavy (non-hydrogen) atoms. The molecule has 0 saturated carbocycles. The van der Waals surface area contributed by atoms with Gasteiger partial charge in [-0.1, -0.05) is 43.7 Å². The third kappa shape index (κ3) is 5.40. The van der Waals surface area contributed by atoms with Crippen LogP contribution in [0.1, 0.15) is 25.3 Å². The highest BCUT2D eigenvalue weighted by molar-refractivity contribution is 5.83. The van der Waals surface area contributed by atoms with Gasteiger partial charge in [0.25, 0.3) is 0 Å². The number of amides is 1. The van der Waals surface area contributed by atoms with Crippen molar-refractivity contribution in [2.24, 2.45) is 11.7 Å². The summed E-state index contributed by atoms with van der Waals surface area (Å²) < 4.78 is 0. The summed E-state index contributed by atoms with van der Waals surface area (Å²) in [6.07, 6.45) is 1.35. The Balaban J connectivity index is 2.59. The summed E-state index contributed by atoms with van der Waals surface area (Å²) in [5.74, 6) is -1.19. The molecule has 2 unspecified atom stereocenters. The van der Waals surface area contributed by atoms with E-state index in [0.717, 1.165) is 12.0 Å². The van der Waals surface area contributed by atoms with Crippen molar-refractivity contribution in [3.05, 3.63) is 35.9 Å². The minimum absolute atomic E-state index is 0.0983. The van der Waals surface area contributed by atoms with Gasteiger partial charge < -0.3 is 16.2 Å². The zero-order chi connectivity index (χ0) is 15.0. The van der Waals surface area contributed by atoms with Crippen LogP contribution >= 0.6 is 0 Å². The summed E-state index contributed by atoms with van der Waals surface area (Å²) in [7, 11) is 0. The lowest BCUT2D eigenvalue weighted by molar-refractivity contribution is -0.141. The van der Waals surface area contributed by atoms with Crippen molar-refractivity contribution in [1.82, 2.24) is 5.32 Å². The van der Waals surface area contributed by atoms with E-state index in [1.54, 1.807) is 0 Å². The quantitative estimate of drug-likeness (QED) is 0.665. The lowest BCUT2D eigenvalue weighted by Crippen LogP contribution is -2.43. The van der Waals surface area contributed by atoms with E-state index < -0.39 is 12.0 Å². The molecule has 0 radical (unpaired) electrons. The Labute approximate surface area is 119 Å². The molecule has 1 rings (SSSR count). The molecule has 1 aromatic carbocycles. The van der Waals surface area contributed by atoms with E-state index in [0.29, 0.717) is 6.54 Å². The van der Waals surface area contributed by atoms with E-state index in [1.807, 2.05) is 37.3 Å². The molecule has 110 valence electrons. The number of carboxylic acids is 1. The molecule has 5 heteroatoms. The predicted octanol–water partition coefficient (Wildman–Crippen LogP) is 1.17. The number of carbonyl (C=O) groups excluding carboxylic acids is 1. The monoisotopic (exact) mass is 278 g/mol. The Morgan fingerprint density at radius 1 is 1.30 bits per heavy atom. The maximum atomic E-state index is 11.8. The van der Waals surface area contributed by atoms with Gasteiger partial charge in [0.1, 0.15) is 6.04 Å². The molecule has 2 atom stereocenters. The van der Waals surface area contributed by atoms with E-state index in [2.05, 4.69) is 5.32 Å². The third-order valence-corrected chi connectivity index (χ3v) is 3.30. The summed E-state index contributed by atoms with van der Waals surface area (Å²) in [6, 6.07) is 8.34. The minimum atomic E-state index is -1.02. The highest BCUT2D eigenvalue weighted by Crippen LogP contribution is 2.08. The standard InChI is InChI=1S/C15H22N2O3/c1-2-11(10-16)9-14(18)17-13(15(19)20)8-12-6-4-3-5-7-12/h3-7,11,13H,2,8-10,16H2,1H3,(H,17,18)(H,19,20). The van der Waals surface area contributed by atoms with Crippen LogP contribution in [0.25, 0.3) is 0 Å². The van der Waals surface area contributed by atoms with Crippen molar-refractivity contribution in [3.8, 4) is 0 Å². The fourth-order valence-corrected chi connectivity index (χ4v) is 1.96. The van der Waals surface area contributed by atoms with Gasteiger partial charge >= 0.3 is 5.97 Å². The number of carbonyl (C=O) groups is 2. The Bertz CT molecular complexity index is 430. The summed E-state index contributed by atoms with van der Waals surface area (Å²) in [5.41, 5.74) is 6.43. The predicted molar refractivity (Wildman–Crippen MR) is 77.2 cm³/mol. The molecule has 0 aliphatic rings. The number of hydrogen-bond acceptors (Lipinski definition) is 3. The molecule has 0 aliphatic heterocycles. The average molecular weight is 278 g/mol. The number of carboxylic acid groups (broad SMARTS) is 1. The third-order valence-electron chi connectivity index (χ3n) is 3.30. The molecule has 0 spiro atoms. The van der Waals surface area contributed by atoms with Gasteiger partial charge in [-0.05, 0) is 18.0 Å². The molecular weight excluding hydrogens is 256 g/mol. The molecule has 0 heterocycles. The second-order valence-corrected chi connectivity index (χ2v) is 4.86. The molecule has 0 aromatic heterocycles. The largest absolute Gasteiger partial charge is 0.480 e. The maximum Gasteiger partial charge on any atom is 0.326 e. The SMILES string of the molecule is CCC(CN)CC(=O)NC(Cc1ccccc1)C(=O)O.